The molecule has 0 fully saturated rings. The van der Waals surface area contributed by atoms with E-state index in [4.69, 9.17) is 11.6 Å². The van der Waals surface area contributed by atoms with Gasteiger partial charge < -0.3 is 0 Å². The van der Waals surface area contributed by atoms with E-state index in [0.29, 0.717) is 29.8 Å². The van der Waals surface area contributed by atoms with E-state index in [2.05, 4.69) is 30.4 Å². The Balaban J connectivity index is 1.66. The van der Waals surface area contributed by atoms with E-state index in [1.807, 2.05) is 11.5 Å². The molecule has 0 saturated carbocycles. The largest absolute Gasteiger partial charge is 0.417 e. The summed E-state index contributed by atoms with van der Waals surface area (Å²) in [7, 11) is 0. The minimum atomic E-state index is -4.58. The molecule has 4 aromatic rings. The Kier molecular flexibility index (Phi) is 4.10. The molecule has 3 aromatic heterocycles. The molecule has 0 spiro atoms. The molecule has 0 N–H and O–H groups in total. The number of fused-ring (bicyclic) bond motifs is 3. The lowest BCUT2D eigenvalue weighted by atomic mass is 10.1. The number of hydrogen-bond donors (Lipinski definition) is 0. The molecule has 1 aliphatic rings. The average molecular weight is 433 g/mol. The Hall–Kier alpha value is -3.34. The van der Waals surface area contributed by atoms with Crippen LogP contribution in [-0.4, -0.2) is 39.5 Å². The van der Waals surface area contributed by atoms with Crippen LogP contribution in [0.3, 0.4) is 0 Å². The fraction of sp³-hybridized carbons (Fsp3) is 0.222. The van der Waals surface area contributed by atoms with Gasteiger partial charge in [0.1, 0.15) is 0 Å². The Labute approximate surface area is 172 Å². The summed E-state index contributed by atoms with van der Waals surface area (Å²) in [5.74, 6) is 1.94. The summed E-state index contributed by atoms with van der Waals surface area (Å²) in [5, 5.41) is 16.3. The summed E-state index contributed by atoms with van der Waals surface area (Å²) in [5.41, 5.74) is -0.772. The Morgan fingerprint density at radius 1 is 0.933 bits per heavy atom. The SMILES string of the molecule is C[C@H]1Cn2c(-c3ncccn3)nnc2-c2nnc(-c3cccc(C(F)(F)F)c3Cl)n21. The number of hydrogen-bond acceptors (Lipinski definition) is 6. The number of rotatable bonds is 2. The third-order valence-electron chi connectivity index (χ3n) is 4.84. The molecule has 0 unspecified atom stereocenters. The zero-order valence-corrected chi connectivity index (χ0v) is 16.1. The predicted octanol–water partition coefficient (Wildman–Crippen LogP) is 3.91. The molecular formula is C18H12ClF3N8. The third-order valence-corrected chi connectivity index (χ3v) is 5.25. The third kappa shape index (κ3) is 2.76. The minimum absolute atomic E-state index is 0.150. The summed E-state index contributed by atoms with van der Waals surface area (Å²) in [4.78, 5) is 8.41. The van der Waals surface area contributed by atoms with Crippen LogP contribution in [0.15, 0.2) is 36.7 Å². The van der Waals surface area contributed by atoms with Crippen LogP contribution in [0.1, 0.15) is 18.5 Å². The normalized spacial score (nSPS) is 15.7. The Morgan fingerprint density at radius 2 is 1.60 bits per heavy atom. The van der Waals surface area contributed by atoms with Crippen LogP contribution in [-0.2, 0) is 12.7 Å². The highest BCUT2D eigenvalue weighted by Gasteiger charge is 2.36. The first-order chi connectivity index (χ1) is 14.4. The lowest BCUT2D eigenvalue weighted by Crippen LogP contribution is -2.22. The van der Waals surface area contributed by atoms with E-state index in [1.54, 1.807) is 23.0 Å². The van der Waals surface area contributed by atoms with Crippen molar-refractivity contribution in [3.63, 3.8) is 0 Å². The first kappa shape index (κ1) is 18.7. The quantitative estimate of drug-likeness (QED) is 0.477. The topological polar surface area (TPSA) is 87.2 Å². The second-order valence-electron chi connectivity index (χ2n) is 6.76. The number of alkyl halides is 3. The predicted molar refractivity (Wildman–Crippen MR) is 100 cm³/mol. The van der Waals surface area contributed by atoms with Crippen molar-refractivity contribution in [3.8, 4) is 34.7 Å². The number of aromatic nitrogens is 8. The summed E-state index contributed by atoms with van der Waals surface area (Å²) in [6.45, 7) is 2.33. The monoisotopic (exact) mass is 432 g/mol. The molecule has 0 aliphatic carbocycles. The lowest BCUT2D eigenvalue weighted by Gasteiger charge is -2.25. The van der Waals surface area contributed by atoms with E-state index >= 15 is 0 Å². The van der Waals surface area contributed by atoms with Gasteiger partial charge in [-0.3, -0.25) is 9.13 Å². The van der Waals surface area contributed by atoms with Crippen molar-refractivity contribution in [3.05, 3.63) is 47.2 Å². The van der Waals surface area contributed by atoms with E-state index in [-0.39, 0.29) is 17.4 Å². The number of halogens is 4. The molecule has 1 aromatic carbocycles. The van der Waals surface area contributed by atoms with Gasteiger partial charge in [-0.05, 0) is 25.1 Å². The standard InChI is InChI=1S/C18H12ClF3N8/c1-9-8-29-15(13-23-6-3-7-24-13)26-27-16(29)17-28-25-14(30(9)17)10-4-2-5-11(12(10)19)18(20,21)22/h2-7,9H,8H2,1H3/t9-/m0/s1. The van der Waals surface area contributed by atoms with E-state index in [0.717, 1.165) is 6.07 Å². The van der Waals surface area contributed by atoms with Gasteiger partial charge in [0.25, 0.3) is 0 Å². The highest BCUT2D eigenvalue weighted by atomic mass is 35.5. The highest BCUT2D eigenvalue weighted by Crippen LogP contribution is 2.41. The summed E-state index contributed by atoms with van der Waals surface area (Å²) < 4.78 is 43.4. The van der Waals surface area contributed by atoms with Gasteiger partial charge in [-0.1, -0.05) is 17.7 Å². The molecule has 30 heavy (non-hydrogen) atoms. The minimum Gasteiger partial charge on any atom is -0.300 e. The number of nitrogens with zero attached hydrogens (tertiary/aromatic N) is 8. The Morgan fingerprint density at radius 3 is 2.33 bits per heavy atom. The second-order valence-corrected chi connectivity index (χ2v) is 7.14. The molecule has 0 radical (unpaired) electrons. The van der Waals surface area contributed by atoms with Gasteiger partial charge in [0.15, 0.2) is 11.6 Å². The maximum absolute atomic E-state index is 13.3. The molecule has 5 rings (SSSR count). The maximum Gasteiger partial charge on any atom is 0.417 e. The summed E-state index contributed by atoms with van der Waals surface area (Å²) in [6.07, 6.45) is -1.37. The second kappa shape index (κ2) is 6.59. The van der Waals surface area contributed by atoms with E-state index < -0.39 is 16.8 Å². The highest BCUT2D eigenvalue weighted by molar-refractivity contribution is 6.34. The zero-order valence-electron chi connectivity index (χ0n) is 15.3. The van der Waals surface area contributed by atoms with Gasteiger partial charge in [0.2, 0.25) is 17.5 Å². The molecule has 152 valence electrons. The molecule has 4 heterocycles. The van der Waals surface area contributed by atoms with E-state index in [9.17, 15) is 13.2 Å². The first-order valence-corrected chi connectivity index (χ1v) is 9.26. The molecule has 8 nitrogen and oxygen atoms in total. The van der Waals surface area contributed by atoms with Gasteiger partial charge in [-0.2, -0.15) is 13.2 Å². The van der Waals surface area contributed by atoms with Crippen molar-refractivity contribution >= 4 is 11.6 Å². The molecule has 0 amide bonds. The lowest BCUT2D eigenvalue weighted by molar-refractivity contribution is -0.137. The maximum atomic E-state index is 13.3. The smallest absolute Gasteiger partial charge is 0.300 e. The van der Waals surface area contributed by atoms with E-state index in [1.165, 1.54) is 12.1 Å². The van der Waals surface area contributed by atoms with Crippen molar-refractivity contribution in [2.45, 2.75) is 25.7 Å². The Bertz CT molecular complexity index is 1250. The van der Waals surface area contributed by atoms with Crippen molar-refractivity contribution < 1.29 is 13.2 Å². The first-order valence-electron chi connectivity index (χ1n) is 8.88. The van der Waals surface area contributed by atoms with Gasteiger partial charge in [0, 0.05) is 24.5 Å². The van der Waals surface area contributed by atoms with Crippen molar-refractivity contribution in [1.82, 2.24) is 39.5 Å². The zero-order chi connectivity index (χ0) is 21.0. The van der Waals surface area contributed by atoms with Gasteiger partial charge >= 0.3 is 6.18 Å². The fourth-order valence-electron chi connectivity index (χ4n) is 3.54. The van der Waals surface area contributed by atoms with Crippen LogP contribution in [0.4, 0.5) is 13.2 Å². The average Bonchev–Trinajstić information content (AvgIpc) is 3.32. The molecule has 1 aliphatic heterocycles. The van der Waals surface area contributed by atoms with Crippen LogP contribution in [0.25, 0.3) is 34.7 Å². The summed E-state index contributed by atoms with van der Waals surface area (Å²) in [6, 6.07) is 5.21. The molecule has 1 atom stereocenters. The van der Waals surface area contributed by atoms with Gasteiger partial charge in [-0.15, -0.1) is 20.4 Å². The summed E-state index contributed by atoms with van der Waals surface area (Å²) >= 11 is 6.11. The molecule has 0 bridgehead atoms. The van der Waals surface area contributed by atoms with Crippen molar-refractivity contribution in [2.24, 2.45) is 0 Å². The van der Waals surface area contributed by atoms with Crippen LogP contribution in [0.2, 0.25) is 5.02 Å². The van der Waals surface area contributed by atoms with Crippen LogP contribution < -0.4 is 0 Å². The van der Waals surface area contributed by atoms with Gasteiger partial charge in [-0.25, -0.2) is 9.97 Å². The number of benzene rings is 1. The fourth-order valence-corrected chi connectivity index (χ4v) is 3.85. The van der Waals surface area contributed by atoms with Crippen LogP contribution in [0, 0.1) is 0 Å². The molecule has 12 heteroatoms. The van der Waals surface area contributed by atoms with Crippen molar-refractivity contribution in [1.29, 1.82) is 0 Å². The molecular weight excluding hydrogens is 421 g/mol. The van der Waals surface area contributed by atoms with Gasteiger partial charge in [0.05, 0.1) is 16.6 Å². The van der Waals surface area contributed by atoms with Crippen LogP contribution in [0.5, 0.6) is 0 Å². The van der Waals surface area contributed by atoms with Crippen molar-refractivity contribution in [2.75, 3.05) is 0 Å². The molecule has 0 saturated heterocycles. The van der Waals surface area contributed by atoms with Crippen LogP contribution >= 0.6 is 11.6 Å².